The molecule has 0 atom stereocenters. The van der Waals surface area contributed by atoms with Crippen LogP contribution in [0.15, 0.2) is 35.4 Å². The molecule has 0 N–H and O–H groups in total. The van der Waals surface area contributed by atoms with E-state index >= 15 is 0 Å². The standard InChI is InChI=1S/C13H14ClNO2S/c1-9(2)8-18(16,17)12-5-3-4-11-10(12)6-7-15-13(11)14/h3-7,9H,8H2,1-2H3. The molecule has 0 bridgehead atoms. The maximum absolute atomic E-state index is 12.3. The van der Waals surface area contributed by atoms with Gasteiger partial charge in [-0.25, -0.2) is 13.4 Å². The van der Waals surface area contributed by atoms with Crippen LogP contribution < -0.4 is 0 Å². The van der Waals surface area contributed by atoms with E-state index in [2.05, 4.69) is 4.98 Å². The molecule has 1 aromatic heterocycles. The fourth-order valence-electron chi connectivity index (χ4n) is 1.94. The van der Waals surface area contributed by atoms with Crippen molar-refractivity contribution >= 4 is 32.2 Å². The summed E-state index contributed by atoms with van der Waals surface area (Å²) in [5.74, 6) is 0.217. The van der Waals surface area contributed by atoms with E-state index in [0.29, 0.717) is 20.8 Å². The molecule has 0 aliphatic heterocycles. The van der Waals surface area contributed by atoms with Gasteiger partial charge in [0.25, 0.3) is 0 Å². The van der Waals surface area contributed by atoms with Crippen molar-refractivity contribution in [2.45, 2.75) is 18.7 Å². The highest BCUT2D eigenvalue weighted by molar-refractivity contribution is 7.91. The van der Waals surface area contributed by atoms with Crippen molar-refractivity contribution in [3.8, 4) is 0 Å². The Bertz CT molecular complexity index is 680. The number of hydrogen-bond donors (Lipinski definition) is 0. The Hall–Kier alpha value is -1.13. The Morgan fingerprint density at radius 1 is 1.22 bits per heavy atom. The lowest BCUT2D eigenvalue weighted by atomic mass is 10.2. The molecule has 0 radical (unpaired) electrons. The van der Waals surface area contributed by atoms with E-state index in [-0.39, 0.29) is 11.7 Å². The lowest BCUT2D eigenvalue weighted by molar-refractivity contribution is 0.583. The molecule has 1 heterocycles. The first kappa shape index (κ1) is 13.3. The number of pyridine rings is 1. The van der Waals surface area contributed by atoms with Gasteiger partial charge in [0.1, 0.15) is 5.15 Å². The molecule has 2 aromatic rings. The van der Waals surface area contributed by atoms with E-state index in [4.69, 9.17) is 11.6 Å². The van der Waals surface area contributed by atoms with Crippen LogP contribution >= 0.6 is 11.6 Å². The van der Waals surface area contributed by atoms with Crippen molar-refractivity contribution in [3.05, 3.63) is 35.6 Å². The third-order valence-electron chi connectivity index (χ3n) is 2.61. The first-order valence-electron chi connectivity index (χ1n) is 5.68. The monoisotopic (exact) mass is 283 g/mol. The van der Waals surface area contributed by atoms with Crippen LogP contribution in [0.25, 0.3) is 10.8 Å². The summed E-state index contributed by atoms with van der Waals surface area (Å²) in [5.41, 5.74) is 0. The van der Waals surface area contributed by atoms with Gasteiger partial charge in [0.05, 0.1) is 10.6 Å². The second kappa shape index (κ2) is 4.86. The zero-order valence-electron chi connectivity index (χ0n) is 10.2. The van der Waals surface area contributed by atoms with E-state index in [1.165, 1.54) is 6.20 Å². The van der Waals surface area contributed by atoms with Crippen LogP contribution in [0.2, 0.25) is 5.15 Å². The average Bonchev–Trinajstić information content (AvgIpc) is 2.27. The van der Waals surface area contributed by atoms with Crippen molar-refractivity contribution in [2.75, 3.05) is 5.75 Å². The molecule has 3 nitrogen and oxygen atoms in total. The van der Waals surface area contributed by atoms with Crippen LogP contribution in [0.1, 0.15) is 13.8 Å². The first-order valence-corrected chi connectivity index (χ1v) is 7.71. The summed E-state index contributed by atoms with van der Waals surface area (Å²) in [7, 11) is -3.29. The molecule has 0 fully saturated rings. The lowest BCUT2D eigenvalue weighted by Crippen LogP contribution is -2.12. The second-order valence-electron chi connectivity index (χ2n) is 4.63. The number of aromatic nitrogens is 1. The minimum atomic E-state index is -3.29. The van der Waals surface area contributed by atoms with Crippen LogP contribution in [0.4, 0.5) is 0 Å². The molecule has 0 amide bonds. The average molecular weight is 284 g/mol. The fourth-order valence-corrected chi connectivity index (χ4v) is 4.02. The zero-order valence-corrected chi connectivity index (χ0v) is 11.8. The quantitative estimate of drug-likeness (QED) is 0.812. The van der Waals surface area contributed by atoms with Gasteiger partial charge < -0.3 is 0 Å². The molecule has 0 saturated carbocycles. The van der Waals surface area contributed by atoms with E-state index in [0.717, 1.165) is 0 Å². The molecule has 0 spiro atoms. The maximum atomic E-state index is 12.3. The molecule has 0 aliphatic carbocycles. The van der Waals surface area contributed by atoms with Gasteiger partial charge in [-0.1, -0.05) is 37.6 Å². The van der Waals surface area contributed by atoms with Crippen LogP contribution in [-0.2, 0) is 9.84 Å². The number of hydrogen-bond acceptors (Lipinski definition) is 3. The van der Waals surface area contributed by atoms with E-state index in [1.54, 1.807) is 24.3 Å². The molecular weight excluding hydrogens is 270 g/mol. The van der Waals surface area contributed by atoms with Crippen molar-refractivity contribution < 1.29 is 8.42 Å². The third-order valence-corrected chi connectivity index (χ3v) is 5.04. The van der Waals surface area contributed by atoms with E-state index in [9.17, 15) is 8.42 Å². The van der Waals surface area contributed by atoms with E-state index < -0.39 is 9.84 Å². The summed E-state index contributed by atoms with van der Waals surface area (Å²) in [6.07, 6.45) is 1.53. The summed E-state index contributed by atoms with van der Waals surface area (Å²) in [4.78, 5) is 4.29. The predicted octanol–water partition coefficient (Wildman–Crippen LogP) is 3.32. The lowest BCUT2D eigenvalue weighted by Gasteiger charge is -2.10. The summed E-state index contributed by atoms with van der Waals surface area (Å²) in [6, 6.07) is 6.78. The Labute approximate surface area is 112 Å². The topological polar surface area (TPSA) is 47.0 Å². The van der Waals surface area contributed by atoms with Gasteiger partial charge in [-0.15, -0.1) is 0 Å². The molecule has 0 unspecified atom stereocenters. The molecule has 18 heavy (non-hydrogen) atoms. The van der Waals surface area contributed by atoms with Gasteiger partial charge in [0.2, 0.25) is 0 Å². The summed E-state index contributed by atoms with van der Waals surface area (Å²) < 4.78 is 24.6. The van der Waals surface area contributed by atoms with Crippen molar-refractivity contribution in [3.63, 3.8) is 0 Å². The van der Waals surface area contributed by atoms with Crippen molar-refractivity contribution in [1.29, 1.82) is 0 Å². The molecule has 2 rings (SSSR count). The normalized spacial score (nSPS) is 12.2. The van der Waals surface area contributed by atoms with Crippen molar-refractivity contribution in [1.82, 2.24) is 4.98 Å². The van der Waals surface area contributed by atoms with Gasteiger partial charge in [-0.3, -0.25) is 0 Å². The smallest absolute Gasteiger partial charge is 0.179 e. The zero-order chi connectivity index (χ0) is 13.3. The third kappa shape index (κ3) is 2.49. The van der Waals surface area contributed by atoms with Gasteiger partial charge >= 0.3 is 0 Å². The SMILES string of the molecule is CC(C)CS(=O)(=O)c1cccc2c(Cl)nccc12. The predicted molar refractivity (Wildman–Crippen MR) is 73.6 cm³/mol. The number of benzene rings is 1. The van der Waals surface area contributed by atoms with Crippen molar-refractivity contribution in [2.24, 2.45) is 5.92 Å². The van der Waals surface area contributed by atoms with E-state index in [1.807, 2.05) is 13.8 Å². The largest absolute Gasteiger partial charge is 0.244 e. The molecule has 1 aromatic carbocycles. The van der Waals surface area contributed by atoms with Gasteiger partial charge in [-0.05, 0) is 18.1 Å². The van der Waals surface area contributed by atoms with Crippen LogP contribution in [0, 0.1) is 5.92 Å². The van der Waals surface area contributed by atoms with Crippen LogP contribution in [-0.4, -0.2) is 19.2 Å². The minimum Gasteiger partial charge on any atom is -0.244 e. The Balaban J connectivity index is 2.69. The van der Waals surface area contributed by atoms with Gasteiger partial charge in [0, 0.05) is 17.0 Å². The highest BCUT2D eigenvalue weighted by atomic mass is 35.5. The minimum absolute atomic E-state index is 0.0857. The number of nitrogens with zero attached hydrogens (tertiary/aromatic N) is 1. The number of rotatable bonds is 3. The summed E-state index contributed by atoms with van der Waals surface area (Å²) >= 11 is 5.98. The Morgan fingerprint density at radius 2 is 1.94 bits per heavy atom. The molecule has 0 saturated heterocycles. The van der Waals surface area contributed by atoms with Gasteiger partial charge in [-0.2, -0.15) is 0 Å². The highest BCUT2D eigenvalue weighted by Crippen LogP contribution is 2.28. The summed E-state index contributed by atoms with van der Waals surface area (Å²) in [5, 5.41) is 1.64. The fraction of sp³-hybridized carbons (Fsp3) is 0.308. The molecule has 5 heteroatoms. The number of halogens is 1. The van der Waals surface area contributed by atoms with Crippen LogP contribution in [0.3, 0.4) is 0 Å². The highest BCUT2D eigenvalue weighted by Gasteiger charge is 2.19. The van der Waals surface area contributed by atoms with Crippen LogP contribution in [0.5, 0.6) is 0 Å². The second-order valence-corrected chi connectivity index (χ2v) is 6.99. The Kier molecular flexibility index (Phi) is 3.59. The Morgan fingerprint density at radius 3 is 2.61 bits per heavy atom. The molecule has 0 aliphatic rings. The van der Waals surface area contributed by atoms with Gasteiger partial charge in [0.15, 0.2) is 9.84 Å². The maximum Gasteiger partial charge on any atom is 0.179 e. The number of sulfone groups is 1. The molecular formula is C13H14ClNO2S. The summed E-state index contributed by atoms with van der Waals surface area (Å²) in [6.45, 7) is 3.77. The number of fused-ring (bicyclic) bond motifs is 1. The first-order chi connectivity index (χ1) is 8.42. The molecule has 96 valence electrons.